The van der Waals surface area contributed by atoms with Crippen molar-refractivity contribution in [2.45, 2.75) is 45.4 Å². The van der Waals surface area contributed by atoms with E-state index in [2.05, 4.69) is 50.7 Å². The van der Waals surface area contributed by atoms with E-state index < -0.39 is 16.6 Å². The molecule has 0 aliphatic rings. The average Bonchev–Trinajstić information content (AvgIpc) is 2.35. The fourth-order valence-electron chi connectivity index (χ4n) is 2.14. The van der Waals surface area contributed by atoms with Crippen LogP contribution in [-0.2, 0) is 4.43 Å². The molecule has 1 aromatic rings. The number of ether oxygens (including phenoxy) is 1. The Kier molecular flexibility index (Phi) is 6.67. The van der Waals surface area contributed by atoms with E-state index in [4.69, 9.17) is 13.6 Å². The van der Waals surface area contributed by atoms with Gasteiger partial charge in [0.05, 0.1) is 13.2 Å². The first kappa shape index (κ1) is 19.2. The maximum atomic E-state index is 6.29. The lowest BCUT2D eigenvalue weighted by Crippen LogP contribution is -2.32. The van der Waals surface area contributed by atoms with E-state index in [-0.39, 0.29) is 6.10 Å². The van der Waals surface area contributed by atoms with Crippen LogP contribution in [0.2, 0.25) is 39.3 Å². The molecule has 0 heterocycles. The number of rotatable bonds is 8. The van der Waals surface area contributed by atoms with Gasteiger partial charge in [0.15, 0.2) is 14.1 Å². The Morgan fingerprint density at radius 1 is 1.00 bits per heavy atom. The molecule has 0 aliphatic carbocycles. The molecule has 6 heteroatoms. The molecular formula is C16H31NO3Si2. The second-order valence-corrected chi connectivity index (χ2v) is 16.3. The lowest BCUT2D eigenvalue weighted by molar-refractivity contribution is 0.196. The van der Waals surface area contributed by atoms with Crippen LogP contribution in [0, 0.1) is 0 Å². The standard InChI is InChI=1S/C16H31NO3Si2/c1-17-12-16(20-22(6,7)8)13-9-10-14(15(11-13)18-2)19-21(3,4)5/h9-11,16-17H,12H2,1-8H3. The zero-order valence-corrected chi connectivity index (χ0v) is 17.2. The van der Waals surface area contributed by atoms with E-state index in [1.165, 1.54) is 0 Å². The van der Waals surface area contributed by atoms with Crippen molar-refractivity contribution in [2.75, 3.05) is 20.7 Å². The van der Waals surface area contributed by atoms with Crippen LogP contribution >= 0.6 is 0 Å². The summed E-state index contributed by atoms with van der Waals surface area (Å²) in [7, 11) is 0.343. The number of hydrogen-bond acceptors (Lipinski definition) is 4. The lowest BCUT2D eigenvalue weighted by atomic mass is 10.1. The Hall–Kier alpha value is -0.826. The van der Waals surface area contributed by atoms with E-state index in [0.717, 1.165) is 23.6 Å². The molecule has 0 spiro atoms. The molecule has 1 rings (SSSR count). The van der Waals surface area contributed by atoms with E-state index in [0.29, 0.717) is 0 Å². The van der Waals surface area contributed by atoms with Gasteiger partial charge in [0.1, 0.15) is 5.75 Å². The fourth-order valence-corrected chi connectivity index (χ4v) is 4.04. The number of methoxy groups -OCH3 is 1. The van der Waals surface area contributed by atoms with Gasteiger partial charge in [0.2, 0.25) is 8.32 Å². The lowest BCUT2D eigenvalue weighted by Gasteiger charge is -2.28. The molecule has 126 valence electrons. The molecule has 0 amide bonds. The summed E-state index contributed by atoms with van der Waals surface area (Å²) in [5.41, 5.74) is 1.12. The van der Waals surface area contributed by atoms with E-state index >= 15 is 0 Å². The minimum atomic E-state index is -1.66. The van der Waals surface area contributed by atoms with Crippen molar-refractivity contribution < 1.29 is 13.6 Å². The largest absolute Gasteiger partial charge is 0.542 e. The Morgan fingerprint density at radius 2 is 1.64 bits per heavy atom. The molecule has 0 saturated heterocycles. The summed E-state index contributed by atoms with van der Waals surface area (Å²) < 4.78 is 17.9. The smallest absolute Gasteiger partial charge is 0.242 e. The van der Waals surface area contributed by atoms with Crippen LogP contribution in [0.1, 0.15) is 11.7 Å². The first-order valence-corrected chi connectivity index (χ1v) is 14.6. The van der Waals surface area contributed by atoms with Crippen molar-refractivity contribution >= 4 is 16.6 Å². The predicted octanol–water partition coefficient (Wildman–Crippen LogP) is 4.02. The second kappa shape index (κ2) is 7.63. The molecule has 0 radical (unpaired) electrons. The first-order valence-electron chi connectivity index (χ1n) is 7.75. The predicted molar refractivity (Wildman–Crippen MR) is 98.1 cm³/mol. The van der Waals surface area contributed by atoms with Crippen LogP contribution in [0.3, 0.4) is 0 Å². The van der Waals surface area contributed by atoms with Gasteiger partial charge in [0, 0.05) is 6.54 Å². The Bertz CT molecular complexity index is 481. The zero-order chi connectivity index (χ0) is 17.0. The Morgan fingerprint density at radius 3 is 2.09 bits per heavy atom. The van der Waals surface area contributed by atoms with Crippen molar-refractivity contribution in [3.8, 4) is 11.5 Å². The molecule has 0 bridgehead atoms. The Balaban J connectivity index is 3.08. The topological polar surface area (TPSA) is 39.7 Å². The highest BCUT2D eigenvalue weighted by atomic mass is 28.4. The molecule has 4 nitrogen and oxygen atoms in total. The summed E-state index contributed by atoms with van der Waals surface area (Å²) in [6.07, 6.45) is 0.0338. The third kappa shape index (κ3) is 6.52. The highest BCUT2D eigenvalue weighted by Gasteiger charge is 2.24. The monoisotopic (exact) mass is 341 g/mol. The van der Waals surface area contributed by atoms with Gasteiger partial charge in [-0.3, -0.25) is 0 Å². The molecule has 0 aliphatic heterocycles. The van der Waals surface area contributed by atoms with Crippen molar-refractivity contribution in [3.63, 3.8) is 0 Å². The van der Waals surface area contributed by atoms with Gasteiger partial charge in [-0.25, -0.2) is 0 Å². The number of hydrogen-bond donors (Lipinski definition) is 1. The van der Waals surface area contributed by atoms with Crippen molar-refractivity contribution in [1.29, 1.82) is 0 Å². The molecule has 0 aromatic heterocycles. The van der Waals surface area contributed by atoms with E-state index in [1.54, 1.807) is 7.11 Å². The summed E-state index contributed by atoms with van der Waals surface area (Å²) in [6.45, 7) is 13.9. The van der Waals surface area contributed by atoms with Crippen LogP contribution in [-0.4, -0.2) is 37.3 Å². The van der Waals surface area contributed by atoms with Crippen LogP contribution in [0.15, 0.2) is 18.2 Å². The van der Waals surface area contributed by atoms with E-state index in [9.17, 15) is 0 Å². The molecule has 1 aromatic carbocycles. The van der Waals surface area contributed by atoms with Crippen LogP contribution < -0.4 is 14.5 Å². The van der Waals surface area contributed by atoms with Gasteiger partial charge in [-0.05, 0) is 64.0 Å². The van der Waals surface area contributed by atoms with Crippen LogP contribution in [0.5, 0.6) is 11.5 Å². The van der Waals surface area contributed by atoms with Gasteiger partial charge in [0.25, 0.3) is 0 Å². The highest BCUT2D eigenvalue weighted by molar-refractivity contribution is 6.70. The maximum Gasteiger partial charge on any atom is 0.242 e. The fraction of sp³-hybridized carbons (Fsp3) is 0.625. The summed E-state index contributed by atoms with van der Waals surface area (Å²) in [5, 5.41) is 3.21. The SMILES string of the molecule is CNCC(O[Si](C)(C)C)c1ccc(O[Si](C)(C)C)c(OC)c1. The Labute approximate surface area is 137 Å². The molecule has 22 heavy (non-hydrogen) atoms. The van der Waals surface area contributed by atoms with Gasteiger partial charge in [-0.2, -0.15) is 0 Å². The van der Waals surface area contributed by atoms with Gasteiger partial charge >= 0.3 is 0 Å². The number of nitrogens with one attached hydrogen (secondary N) is 1. The first-order chi connectivity index (χ1) is 10.1. The summed E-state index contributed by atoms with van der Waals surface area (Å²) in [4.78, 5) is 0. The summed E-state index contributed by atoms with van der Waals surface area (Å²) >= 11 is 0. The maximum absolute atomic E-state index is 6.29. The summed E-state index contributed by atoms with van der Waals surface area (Å²) in [6, 6.07) is 6.13. The highest BCUT2D eigenvalue weighted by Crippen LogP contribution is 2.33. The van der Waals surface area contributed by atoms with E-state index in [1.807, 2.05) is 19.2 Å². The average molecular weight is 342 g/mol. The van der Waals surface area contributed by atoms with Crippen molar-refractivity contribution in [3.05, 3.63) is 23.8 Å². The van der Waals surface area contributed by atoms with Gasteiger partial charge < -0.3 is 18.9 Å². The molecular weight excluding hydrogens is 310 g/mol. The second-order valence-electron chi connectivity index (χ2n) is 7.40. The number of likely N-dealkylation sites (N-methyl/N-ethyl adjacent to an activating group) is 1. The van der Waals surface area contributed by atoms with Crippen molar-refractivity contribution in [2.24, 2.45) is 0 Å². The van der Waals surface area contributed by atoms with Gasteiger partial charge in [-0.15, -0.1) is 0 Å². The van der Waals surface area contributed by atoms with Crippen LogP contribution in [0.4, 0.5) is 0 Å². The number of benzene rings is 1. The van der Waals surface area contributed by atoms with Crippen molar-refractivity contribution in [1.82, 2.24) is 5.32 Å². The quantitative estimate of drug-likeness (QED) is 0.725. The normalized spacial score (nSPS) is 13.8. The molecule has 0 saturated carbocycles. The van der Waals surface area contributed by atoms with Gasteiger partial charge in [-0.1, -0.05) is 6.07 Å². The minimum Gasteiger partial charge on any atom is -0.542 e. The molecule has 1 atom stereocenters. The molecule has 1 unspecified atom stereocenters. The summed E-state index contributed by atoms with van der Waals surface area (Å²) in [5.74, 6) is 1.60. The third-order valence-electron chi connectivity index (χ3n) is 2.86. The molecule has 1 N–H and O–H groups in total. The zero-order valence-electron chi connectivity index (χ0n) is 15.2. The minimum absolute atomic E-state index is 0.0338. The molecule has 0 fully saturated rings. The van der Waals surface area contributed by atoms with Crippen LogP contribution in [0.25, 0.3) is 0 Å². The third-order valence-corrected chi connectivity index (χ3v) is 4.68.